The van der Waals surface area contributed by atoms with Crippen LogP contribution in [0, 0.1) is 13.8 Å². The van der Waals surface area contributed by atoms with Crippen molar-refractivity contribution in [2.75, 3.05) is 13.1 Å². The van der Waals surface area contributed by atoms with Crippen molar-refractivity contribution in [1.82, 2.24) is 5.32 Å². The van der Waals surface area contributed by atoms with E-state index in [0.29, 0.717) is 6.54 Å². The van der Waals surface area contributed by atoms with Crippen LogP contribution in [0.1, 0.15) is 67.6 Å². The first-order chi connectivity index (χ1) is 9.16. The van der Waals surface area contributed by atoms with Gasteiger partial charge in [-0.2, -0.15) is 0 Å². The predicted octanol–water partition coefficient (Wildman–Crippen LogP) is 4.35. The maximum Gasteiger partial charge on any atom is 0.0927 e. The molecule has 0 aliphatic rings. The molecule has 19 heavy (non-hydrogen) atoms. The minimum Gasteiger partial charge on any atom is -0.387 e. The lowest BCUT2D eigenvalue weighted by atomic mass is 10.1. The molecule has 1 rings (SSSR count). The van der Waals surface area contributed by atoms with Crippen LogP contribution < -0.4 is 5.32 Å². The van der Waals surface area contributed by atoms with Gasteiger partial charge in [-0.25, -0.2) is 0 Å². The molecule has 2 N–H and O–H groups in total. The topological polar surface area (TPSA) is 32.3 Å². The zero-order valence-corrected chi connectivity index (χ0v) is 13.5. The Labute approximate surface area is 122 Å². The van der Waals surface area contributed by atoms with Crippen molar-refractivity contribution in [3.63, 3.8) is 0 Å². The van der Waals surface area contributed by atoms with Gasteiger partial charge < -0.3 is 10.4 Å². The number of aliphatic hydroxyl groups excluding tert-OH is 1. The monoisotopic (exact) mass is 283 g/mol. The van der Waals surface area contributed by atoms with Gasteiger partial charge in [0.05, 0.1) is 6.10 Å². The van der Waals surface area contributed by atoms with E-state index in [-0.39, 0.29) is 6.10 Å². The smallest absolute Gasteiger partial charge is 0.0927 e. The van der Waals surface area contributed by atoms with Gasteiger partial charge in [0.1, 0.15) is 0 Å². The number of hydrogen-bond donors (Lipinski definition) is 2. The van der Waals surface area contributed by atoms with E-state index in [1.54, 1.807) is 11.3 Å². The molecule has 0 bridgehead atoms. The molecule has 0 amide bonds. The predicted molar refractivity (Wildman–Crippen MR) is 85.0 cm³/mol. The van der Waals surface area contributed by atoms with Crippen molar-refractivity contribution in [1.29, 1.82) is 0 Å². The average molecular weight is 283 g/mol. The summed E-state index contributed by atoms with van der Waals surface area (Å²) in [7, 11) is 0. The molecule has 3 heteroatoms. The number of thiophene rings is 1. The van der Waals surface area contributed by atoms with Crippen molar-refractivity contribution in [2.24, 2.45) is 0 Å². The number of nitrogens with one attached hydrogen (secondary N) is 1. The Hall–Kier alpha value is -0.380. The highest BCUT2D eigenvalue weighted by Gasteiger charge is 2.14. The summed E-state index contributed by atoms with van der Waals surface area (Å²) < 4.78 is 0. The van der Waals surface area contributed by atoms with E-state index in [2.05, 4.69) is 31.5 Å². The second kappa shape index (κ2) is 9.51. The van der Waals surface area contributed by atoms with E-state index in [1.807, 2.05) is 0 Å². The van der Waals surface area contributed by atoms with Crippen LogP contribution in [-0.2, 0) is 0 Å². The Bertz CT molecular complexity index is 329. The van der Waals surface area contributed by atoms with Gasteiger partial charge >= 0.3 is 0 Å². The minimum absolute atomic E-state index is 0.355. The van der Waals surface area contributed by atoms with E-state index < -0.39 is 0 Å². The average Bonchev–Trinajstić information content (AvgIpc) is 2.72. The normalized spacial score (nSPS) is 12.8. The Morgan fingerprint density at radius 2 is 1.84 bits per heavy atom. The van der Waals surface area contributed by atoms with E-state index in [9.17, 15) is 5.11 Å². The molecule has 0 fully saturated rings. The third-order valence-corrected chi connectivity index (χ3v) is 4.64. The molecule has 0 spiro atoms. The Balaban J connectivity index is 2.09. The Morgan fingerprint density at radius 1 is 1.16 bits per heavy atom. The summed E-state index contributed by atoms with van der Waals surface area (Å²) in [5, 5.41) is 15.7. The van der Waals surface area contributed by atoms with Crippen LogP contribution in [0.5, 0.6) is 0 Å². The van der Waals surface area contributed by atoms with Gasteiger partial charge in [-0.15, -0.1) is 11.3 Å². The van der Waals surface area contributed by atoms with Crippen molar-refractivity contribution in [2.45, 2.75) is 65.4 Å². The highest BCUT2D eigenvalue weighted by atomic mass is 32.1. The van der Waals surface area contributed by atoms with Crippen LogP contribution in [-0.4, -0.2) is 18.2 Å². The van der Waals surface area contributed by atoms with E-state index in [4.69, 9.17) is 0 Å². The summed E-state index contributed by atoms with van der Waals surface area (Å²) in [6.45, 7) is 8.11. The first kappa shape index (κ1) is 16.7. The third kappa shape index (κ3) is 6.07. The molecular formula is C16H29NOS. The summed E-state index contributed by atoms with van der Waals surface area (Å²) >= 11 is 1.73. The molecule has 0 radical (unpaired) electrons. The number of unbranched alkanes of at least 4 members (excludes halogenated alkanes) is 5. The van der Waals surface area contributed by atoms with Crippen LogP contribution in [0.4, 0.5) is 0 Å². The summed E-state index contributed by atoms with van der Waals surface area (Å²) in [5.41, 5.74) is 2.34. The standard InChI is InChI=1S/C16H29NOS/c1-4-5-6-7-8-9-10-17-11-15(18)16-13(2)12-19-14(16)3/h12,15,17-18H,4-11H2,1-3H3. The SMILES string of the molecule is CCCCCCCCNCC(O)c1c(C)csc1C. The lowest BCUT2D eigenvalue weighted by Crippen LogP contribution is -2.23. The van der Waals surface area contributed by atoms with Crippen LogP contribution >= 0.6 is 11.3 Å². The van der Waals surface area contributed by atoms with E-state index >= 15 is 0 Å². The van der Waals surface area contributed by atoms with Crippen molar-refractivity contribution in [3.05, 3.63) is 21.4 Å². The molecule has 2 nitrogen and oxygen atoms in total. The number of aliphatic hydroxyl groups is 1. The largest absolute Gasteiger partial charge is 0.387 e. The first-order valence-corrected chi connectivity index (χ1v) is 8.48. The quantitative estimate of drug-likeness (QED) is 0.626. The van der Waals surface area contributed by atoms with Gasteiger partial charge in [0.2, 0.25) is 0 Å². The van der Waals surface area contributed by atoms with Gasteiger partial charge in [-0.1, -0.05) is 39.0 Å². The van der Waals surface area contributed by atoms with Crippen molar-refractivity contribution in [3.8, 4) is 0 Å². The van der Waals surface area contributed by atoms with Gasteiger partial charge in [0, 0.05) is 11.4 Å². The molecule has 1 atom stereocenters. The van der Waals surface area contributed by atoms with Gasteiger partial charge in [-0.05, 0) is 43.3 Å². The van der Waals surface area contributed by atoms with Crippen molar-refractivity contribution >= 4 is 11.3 Å². The maximum atomic E-state index is 10.2. The molecule has 1 unspecified atom stereocenters. The van der Waals surface area contributed by atoms with Crippen LogP contribution in [0.15, 0.2) is 5.38 Å². The fraction of sp³-hybridized carbons (Fsp3) is 0.750. The lowest BCUT2D eigenvalue weighted by molar-refractivity contribution is 0.174. The molecule has 0 aromatic carbocycles. The molecule has 1 heterocycles. The second-order valence-corrected chi connectivity index (χ2v) is 6.46. The molecular weight excluding hydrogens is 254 g/mol. The fourth-order valence-corrected chi connectivity index (χ4v) is 3.35. The van der Waals surface area contributed by atoms with Gasteiger partial charge in [0.15, 0.2) is 0 Å². The Kier molecular flexibility index (Phi) is 8.35. The maximum absolute atomic E-state index is 10.2. The third-order valence-electron chi connectivity index (χ3n) is 3.59. The highest BCUT2D eigenvalue weighted by molar-refractivity contribution is 7.10. The van der Waals surface area contributed by atoms with Crippen LogP contribution in [0.3, 0.4) is 0 Å². The Morgan fingerprint density at radius 3 is 2.47 bits per heavy atom. The zero-order chi connectivity index (χ0) is 14.1. The van der Waals surface area contributed by atoms with Crippen LogP contribution in [0.2, 0.25) is 0 Å². The molecule has 0 aliphatic heterocycles. The number of aryl methyl sites for hydroxylation is 2. The molecule has 1 aromatic rings. The van der Waals surface area contributed by atoms with Gasteiger partial charge in [-0.3, -0.25) is 0 Å². The van der Waals surface area contributed by atoms with E-state index in [1.165, 1.54) is 49.0 Å². The number of hydrogen-bond acceptors (Lipinski definition) is 3. The second-order valence-electron chi connectivity index (χ2n) is 5.38. The summed E-state index contributed by atoms with van der Waals surface area (Å²) in [6, 6.07) is 0. The van der Waals surface area contributed by atoms with Gasteiger partial charge in [0.25, 0.3) is 0 Å². The van der Waals surface area contributed by atoms with Crippen molar-refractivity contribution < 1.29 is 5.11 Å². The summed E-state index contributed by atoms with van der Waals surface area (Å²) in [4.78, 5) is 1.24. The zero-order valence-electron chi connectivity index (χ0n) is 12.7. The minimum atomic E-state index is -0.355. The highest BCUT2D eigenvalue weighted by Crippen LogP contribution is 2.26. The number of rotatable bonds is 10. The molecule has 110 valence electrons. The van der Waals surface area contributed by atoms with E-state index in [0.717, 1.165) is 12.1 Å². The molecule has 0 aliphatic carbocycles. The molecule has 1 aromatic heterocycles. The first-order valence-electron chi connectivity index (χ1n) is 7.60. The fourth-order valence-electron chi connectivity index (χ4n) is 2.45. The molecule has 0 saturated carbocycles. The lowest BCUT2D eigenvalue weighted by Gasteiger charge is -2.13. The van der Waals surface area contributed by atoms with Crippen LogP contribution in [0.25, 0.3) is 0 Å². The summed E-state index contributed by atoms with van der Waals surface area (Å²) in [5.74, 6) is 0. The molecule has 0 saturated heterocycles. The summed E-state index contributed by atoms with van der Waals surface area (Å²) in [6.07, 6.45) is 7.56.